The molecule has 0 aliphatic rings. The number of amides is 1. The first-order valence-electron chi connectivity index (χ1n) is 9.73. The number of anilines is 3. The Kier molecular flexibility index (Phi) is 4.65. The maximum atomic E-state index is 11.4. The standard InChI is InChI=1S/C25H18N4O2/c26-25(30)19-6-5-18-13-23(31-24(18)14-19)17-7-9-20(10-8-17)29(21-3-1-11-27-15-21)22-4-2-12-28-16-22/h1-16H,(H2,26,30). The number of hydrogen-bond acceptors (Lipinski definition) is 5. The molecule has 2 N–H and O–H groups in total. The predicted octanol–water partition coefficient (Wildman–Crippen LogP) is 5.46. The molecular weight excluding hydrogens is 388 g/mol. The van der Waals surface area contributed by atoms with Crippen LogP contribution < -0.4 is 10.6 Å². The Bertz CT molecular complexity index is 1310. The third-order valence-corrected chi connectivity index (χ3v) is 5.02. The number of pyridine rings is 2. The van der Waals surface area contributed by atoms with Crippen LogP contribution in [-0.2, 0) is 0 Å². The van der Waals surface area contributed by atoms with Gasteiger partial charge in [-0.1, -0.05) is 6.07 Å². The first-order valence-corrected chi connectivity index (χ1v) is 9.73. The van der Waals surface area contributed by atoms with Crippen molar-refractivity contribution in [3.05, 3.63) is 103 Å². The molecule has 0 aliphatic heterocycles. The number of nitrogens with zero attached hydrogens (tertiary/aromatic N) is 3. The highest BCUT2D eigenvalue weighted by Crippen LogP contribution is 2.35. The molecule has 150 valence electrons. The van der Waals surface area contributed by atoms with E-state index in [4.69, 9.17) is 10.2 Å². The van der Waals surface area contributed by atoms with E-state index in [1.807, 2.05) is 73.1 Å². The number of hydrogen-bond donors (Lipinski definition) is 1. The van der Waals surface area contributed by atoms with Crippen LogP contribution in [0.2, 0.25) is 0 Å². The van der Waals surface area contributed by atoms with E-state index >= 15 is 0 Å². The SMILES string of the molecule is NC(=O)c1ccc2cc(-c3ccc(N(c4cccnc4)c4cccnc4)cc3)oc2c1. The minimum absolute atomic E-state index is 0.423. The second-order valence-corrected chi connectivity index (χ2v) is 7.03. The molecule has 0 radical (unpaired) electrons. The van der Waals surface area contributed by atoms with Crippen LogP contribution in [0.3, 0.4) is 0 Å². The maximum absolute atomic E-state index is 11.4. The highest BCUT2D eigenvalue weighted by atomic mass is 16.3. The molecule has 0 saturated carbocycles. The summed E-state index contributed by atoms with van der Waals surface area (Å²) in [5, 5.41) is 0.913. The van der Waals surface area contributed by atoms with E-state index in [0.29, 0.717) is 11.1 Å². The lowest BCUT2D eigenvalue weighted by Gasteiger charge is -2.24. The second kappa shape index (κ2) is 7.76. The van der Waals surface area contributed by atoms with Crippen molar-refractivity contribution >= 4 is 33.9 Å². The summed E-state index contributed by atoms with van der Waals surface area (Å²) in [6.07, 6.45) is 7.13. The highest BCUT2D eigenvalue weighted by Gasteiger charge is 2.14. The molecule has 0 aliphatic carbocycles. The van der Waals surface area contributed by atoms with Gasteiger partial charge in [-0.3, -0.25) is 14.8 Å². The zero-order chi connectivity index (χ0) is 21.2. The Balaban J connectivity index is 1.52. The van der Waals surface area contributed by atoms with E-state index in [9.17, 15) is 4.79 Å². The van der Waals surface area contributed by atoms with Gasteiger partial charge in [0.2, 0.25) is 5.91 Å². The number of benzene rings is 2. The van der Waals surface area contributed by atoms with Gasteiger partial charge in [-0.25, -0.2) is 0 Å². The summed E-state index contributed by atoms with van der Waals surface area (Å²) in [4.78, 5) is 22.0. The van der Waals surface area contributed by atoms with Crippen LogP contribution in [0, 0.1) is 0 Å². The Morgan fingerprint density at radius 2 is 1.48 bits per heavy atom. The van der Waals surface area contributed by atoms with E-state index in [-0.39, 0.29) is 0 Å². The molecule has 0 saturated heterocycles. The second-order valence-electron chi connectivity index (χ2n) is 7.03. The van der Waals surface area contributed by atoms with Crippen LogP contribution in [0.5, 0.6) is 0 Å². The first-order chi connectivity index (χ1) is 15.2. The van der Waals surface area contributed by atoms with Crippen molar-refractivity contribution < 1.29 is 9.21 Å². The van der Waals surface area contributed by atoms with E-state index < -0.39 is 5.91 Å². The summed E-state index contributed by atoms with van der Waals surface area (Å²) in [6, 6.07) is 23.0. The molecular formula is C25H18N4O2. The Hall–Kier alpha value is -4.45. The monoisotopic (exact) mass is 406 g/mol. The van der Waals surface area contributed by atoms with Gasteiger partial charge in [0.15, 0.2) is 0 Å². The van der Waals surface area contributed by atoms with Gasteiger partial charge >= 0.3 is 0 Å². The largest absolute Gasteiger partial charge is 0.456 e. The van der Waals surface area contributed by atoms with Crippen molar-refractivity contribution in [3.63, 3.8) is 0 Å². The molecule has 0 spiro atoms. The minimum Gasteiger partial charge on any atom is -0.456 e. The number of rotatable bonds is 5. The van der Waals surface area contributed by atoms with Crippen LogP contribution in [0.1, 0.15) is 10.4 Å². The van der Waals surface area contributed by atoms with Gasteiger partial charge in [-0.15, -0.1) is 0 Å². The number of fused-ring (bicyclic) bond motifs is 1. The van der Waals surface area contributed by atoms with Gasteiger partial charge < -0.3 is 15.1 Å². The summed E-state index contributed by atoms with van der Waals surface area (Å²) in [5.74, 6) is 0.243. The maximum Gasteiger partial charge on any atom is 0.248 e. The Morgan fingerprint density at radius 1 is 0.806 bits per heavy atom. The van der Waals surface area contributed by atoms with E-state index in [0.717, 1.165) is 33.8 Å². The summed E-state index contributed by atoms with van der Waals surface area (Å²) in [7, 11) is 0. The van der Waals surface area contributed by atoms with Gasteiger partial charge in [0.25, 0.3) is 0 Å². The van der Waals surface area contributed by atoms with Crippen molar-refractivity contribution in [2.75, 3.05) is 4.90 Å². The predicted molar refractivity (Wildman–Crippen MR) is 120 cm³/mol. The summed E-state index contributed by atoms with van der Waals surface area (Å²) in [6.45, 7) is 0. The molecule has 0 unspecified atom stereocenters. The fraction of sp³-hybridized carbons (Fsp3) is 0. The van der Waals surface area contributed by atoms with Gasteiger partial charge in [0.1, 0.15) is 11.3 Å². The molecule has 31 heavy (non-hydrogen) atoms. The molecule has 6 heteroatoms. The van der Waals surface area contributed by atoms with Crippen molar-refractivity contribution in [3.8, 4) is 11.3 Å². The van der Waals surface area contributed by atoms with Crippen LogP contribution in [0.25, 0.3) is 22.3 Å². The Labute approximate surface area is 178 Å². The number of carbonyl (C=O) groups is 1. The van der Waals surface area contributed by atoms with Gasteiger partial charge in [0, 0.05) is 34.6 Å². The lowest BCUT2D eigenvalue weighted by molar-refractivity contribution is 0.100. The molecule has 5 aromatic rings. The number of carbonyl (C=O) groups excluding carboxylic acids is 1. The van der Waals surface area contributed by atoms with Gasteiger partial charge in [-0.05, 0) is 66.7 Å². The normalized spacial score (nSPS) is 10.8. The highest BCUT2D eigenvalue weighted by molar-refractivity contribution is 5.97. The van der Waals surface area contributed by atoms with Crippen molar-refractivity contribution in [1.82, 2.24) is 9.97 Å². The van der Waals surface area contributed by atoms with Crippen LogP contribution in [0.4, 0.5) is 17.1 Å². The summed E-state index contributed by atoms with van der Waals surface area (Å²) >= 11 is 0. The third-order valence-electron chi connectivity index (χ3n) is 5.02. The number of primary amides is 1. The molecule has 3 aromatic heterocycles. The lowest BCUT2D eigenvalue weighted by Crippen LogP contribution is -2.10. The number of nitrogens with two attached hydrogens (primary N) is 1. The molecule has 6 nitrogen and oxygen atoms in total. The zero-order valence-corrected chi connectivity index (χ0v) is 16.5. The number of furan rings is 1. The topological polar surface area (TPSA) is 85.3 Å². The fourth-order valence-electron chi connectivity index (χ4n) is 3.52. The van der Waals surface area contributed by atoms with Crippen LogP contribution in [0.15, 0.2) is 102 Å². The molecule has 0 bridgehead atoms. The minimum atomic E-state index is -0.477. The van der Waals surface area contributed by atoms with Gasteiger partial charge in [0.05, 0.1) is 23.8 Å². The summed E-state index contributed by atoms with van der Waals surface area (Å²) in [5.41, 5.74) is 10.2. The molecule has 5 rings (SSSR count). The van der Waals surface area contributed by atoms with Crippen LogP contribution in [-0.4, -0.2) is 15.9 Å². The van der Waals surface area contributed by atoms with Crippen molar-refractivity contribution in [2.24, 2.45) is 5.73 Å². The average Bonchev–Trinajstić information content (AvgIpc) is 3.25. The third kappa shape index (κ3) is 3.62. The fourth-order valence-corrected chi connectivity index (χ4v) is 3.52. The summed E-state index contributed by atoms with van der Waals surface area (Å²) < 4.78 is 5.97. The zero-order valence-electron chi connectivity index (χ0n) is 16.5. The smallest absolute Gasteiger partial charge is 0.248 e. The van der Waals surface area contributed by atoms with Gasteiger partial charge in [-0.2, -0.15) is 0 Å². The van der Waals surface area contributed by atoms with E-state index in [2.05, 4.69) is 14.9 Å². The molecule has 0 fully saturated rings. The quantitative estimate of drug-likeness (QED) is 0.419. The molecule has 1 amide bonds. The number of aromatic nitrogens is 2. The Morgan fingerprint density at radius 3 is 2.06 bits per heavy atom. The first kappa shape index (κ1) is 18.6. The molecule has 2 aromatic carbocycles. The van der Waals surface area contributed by atoms with E-state index in [1.54, 1.807) is 24.5 Å². The molecule has 0 atom stereocenters. The van der Waals surface area contributed by atoms with Crippen molar-refractivity contribution in [2.45, 2.75) is 0 Å². The molecule has 3 heterocycles. The average molecular weight is 406 g/mol. The lowest BCUT2D eigenvalue weighted by atomic mass is 10.1. The van der Waals surface area contributed by atoms with Crippen LogP contribution >= 0.6 is 0 Å². The van der Waals surface area contributed by atoms with Crippen molar-refractivity contribution in [1.29, 1.82) is 0 Å². The van der Waals surface area contributed by atoms with E-state index in [1.165, 1.54) is 0 Å².